The van der Waals surface area contributed by atoms with Crippen LogP contribution in [0.3, 0.4) is 0 Å². The summed E-state index contributed by atoms with van der Waals surface area (Å²) in [6, 6.07) is 16.2. The Bertz CT molecular complexity index is 977. The predicted molar refractivity (Wildman–Crippen MR) is 109 cm³/mol. The molecule has 0 atom stereocenters. The summed E-state index contributed by atoms with van der Waals surface area (Å²) in [7, 11) is 0. The van der Waals surface area contributed by atoms with Crippen LogP contribution in [-0.2, 0) is 16.8 Å². The molecule has 0 spiro atoms. The van der Waals surface area contributed by atoms with Crippen molar-refractivity contribution in [2.24, 2.45) is 0 Å². The standard InChI is InChI=1S/C24H26FNO2/c1-16-14-22(17(2)26(16)21-12-10-20(25)11-13-21)23(27)28-15-18-6-8-19(9-7-18)24(3,4)5/h6-14H,15H2,1-5H3. The lowest BCUT2D eigenvalue weighted by Gasteiger charge is -2.19. The summed E-state index contributed by atoms with van der Waals surface area (Å²) in [5, 5.41) is 0. The van der Waals surface area contributed by atoms with Crippen LogP contribution in [0.4, 0.5) is 4.39 Å². The van der Waals surface area contributed by atoms with E-state index in [1.54, 1.807) is 12.1 Å². The van der Waals surface area contributed by atoms with E-state index >= 15 is 0 Å². The predicted octanol–water partition coefficient (Wildman–Crippen LogP) is 5.89. The molecule has 0 amide bonds. The molecule has 0 unspecified atom stereocenters. The Morgan fingerprint density at radius 1 is 1.00 bits per heavy atom. The quantitative estimate of drug-likeness (QED) is 0.530. The molecule has 146 valence electrons. The van der Waals surface area contributed by atoms with Gasteiger partial charge in [0, 0.05) is 17.1 Å². The van der Waals surface area contributed by atoms with E-state index in [0.717, 1.165) is 22.6 Å². The fourth-order valence-electron chi connectivity index (χ4n) is 3.28. The lowest BCUT2D eigenvalue weighted by molar-refractivity contribution is 0.0472. The van der Waals surface area contributed by atoms with Crippen molar-refractivity contribution in [1.29, 1.82) is 0 Å². The average molecular weight is 379 g/mol. The van der Waals surface area contributed by atoms with Gasteiger partial charge in [0.05, 0.1) is 5.56 Å². The van der Waals surface area contributed by atoms with Gasteiger partial charge in [0.2, 0.25) is 0 Å². The molecular weight excluding hydrogens is 353 g/mol. The number of carbonyl (C=O) groups is 1. The number of hydrogen-bond acceptors (Lipinski definition) is 2. The van der Waals surface area contributed by atoms with Gasteiger partial charge in [-0.3, -0.25) is 0 Å². The molecule has 3 nitrogen and oxygen atoms in total. The van der Waals surface area contributed by atoms with E-state index in [1.165, 1.54) is 17.7 Å². The number of nitrogens with zero attached hydrogens (tertiary/aromatic N) is 1. The third-order valence-corrected chi connectivity index (χ3v) is 4.93. The molecule has 0 saturated carbocycles. The van der Waals surface area contributed by atoms with Crippen LogP contribution in [0, 0.1) is 19.7 Å². The first-order valence-corrected chi connectivity index (χ1v) is 9.38. The minimum absolute atomic E-state index is 0.0904. The highest BCUT2D eigenvalue weighted by Crippen LogP contribution is 2.24. The van der Waals surface area contributed by atoms with Gasteiger partial charge in [-0.25, -0.2) is 9.18 Å². The smallest absolute Gasteiger partial charge is 0.340 e. The van der Waals surface area contributed by atoms with Crippen LogP contribution < -0.4 is 0 Å². The van der Waals surface area contributed by atoms with Gasteiger partial charge in [-0.15, -0.1) is 0 Å². The summed E-state index contributed by atoms with van der Waals surface area (Å²) in [5.41, 5.74) is 5.29. The number of ether oxygens (including phenoxy) is 1. The van der Waals surface area contributed by atoms with Crippen LogP contribution in [-0.4, -0.2) is 10.5 Å². The first-order chi connectivity index (χ1) is 13.2. The number of esters is 1. The van der Waals surface area contributed by atoms with Crippen LogP contribution in [0.5, 0.6) is 0 Å². The Hall–Kier alpha value is -2.88. The Morgan fingerprint density at radius 3 is 2.18 bits per heavy atom. The third kappa shape index (κ3) is 4.16. The first kappa shape index (κ1) is 19.9. The van der Waals surface area contributed by atoms with E-state index in [9.17, 15) is 9.18 Å². The van der Waals surface area contributed by atoms with E-state index in [2.05, 4.69) is 32.9 Å². The topological polar surface area (TPSA) is 31.2 Å². The van der Waals surface area contributed by atoms with Gasteiger partial charge in [-0.2, -0.15) is 0 Å². The number of hydrogen-bond donors (Lipinski definition) is 0. The SMILES string of the molecule is Cc1cc(C(=O)OCc2ccc(C(C)(C)C)cc2)c(C)n1-c1ccc(F)cc1. The summed E-state index contributed by atoms with van der Waals surface area (Å²) in [4.78, 5) is 12.6. The number of aromatic nitrogens is 1. The number of carbonyl (C=O) groups excluding carboxylic acids is 1. The van der Waals surface area contributed by atoms with Gasteiger partial charge < -0.3 is 9.30 Å². The largest absolute Gasteiger partial charge is 0.457 e. The van der Waals surface area contributed by atoms with Crippen molar-refractivity contribution in [1.82, 2.24) is 4.57 Å². The Kier molecular flexibility index (Phi) is 5.41. The zero-order valence-electron chi connectivity index (χ0n) is 17.0. The minimum atomic E-state index is -0.360. The molecule has 0 radical (unpaired) electrons. The van der Waals surface area contributed by atoms with Gasteiger partial charge in [0.1, 0.15) is 12.4 Å². The third-order valence-electron chi connectivity index (χ3n) is 4.93. The van der Waals surface area contributed by atoms with Gasteiger partial charge in [-0.1, -0.05) is 45.0 Å². The van der Waals surface area contributed by atoms with E-state index in [4.69, 9.17) is 4.74 Å². The molecule has 0 saturated heterocycles. The van der Waals surface area contributed by atoms with E-state index in [0.29, 0.717) is 5.56 Å². The summed E-state index contributed by atoms with van der Waals surface area (Å²) in [5.74, 6) is -0.648. The molecule has 3 rings (SSSR count). The Morgan fingerprint density at radius 2 is 1.61 bits per heavy atom. The zero-order chi connectivity index (χ0) is 20.5. The summed E-state index contributed by atoms with van der Waals surface area (Å²) >= 11 is 0. The van der Waals surface area contributed by atoms with Gasteiger partial charge in [-0.05, 0) is 60.7 Å². The fourth-order valence-corrected chi connectivity index (χ4v) is 3.28. The number of benzene rings is 2. The van der Waals surface area contributed by atoms with E-state index in [1.807, 2.05) is 36.6 Å². The second-order valence-electron chi connectivity index (χ2n) is 8.12. The molecule has 0 N–H and O–H groups in total. The van der Waals surface area contributed by atoms with Crippen molar-refractivity contribution >= 4 is 5.97 Å². The van der Waals surface area contributed by atoms with Crippen molar-refractivity contribution in [3.63, 3.8) is 0 Å². The molecule has 4 heteroatoms. The molecule has 1 heterocycles. The fraction of sp³-hybridized carbons (Fsp3) is 0.292. The lowest BCUT2D eigenvalue weighted by Crippen LogP contribution is -2.11. The lowest BCUT2D eigenvalue weighted by atomic mass is 9.87. The number of rotatable bonds is 4. The molecule has 1 aromatic heterocycles. The number of halogens is 1. The summed E-state index contributed by atoms with van der Waals surface area (Å²) in [6.07, 6.45) is 0. The van der Waals surface area contributed by atoms with E-state index < -0.39 is 0 Å². The molecule has 0 aliphatic carbocycles. The summed E-state index contributed by atoms with van der Waals surface area (Å²) in [6.45, 7) is 10.5. The van der Waals surface area contributed by atoms with Crippen LogP contribution >= 0.6 is 0 Å². The Labute approximate surface area is 165 Å². The van der Waals surface area contributed by atoms with Crippen LogP contribution in [0.1, 0.15) is 53.6 Å². The molecule has 0 bridgehead atoms. The van der Waals surface area contributed by atoms with Crippen molar-refractivity contribution in [3.8, 4) is 5.69 Å². The van der Waals surface area contributed by atoms with Crippen molar-refractivity contribution < 1.29 is 13.9 Å². The van der Waals surface area contributed by atoms with Crippen molar-refractivity contribution in [2.75, 3.05) is 0 Å². The normalized spacial score (nSPS) is 11.5. The monoisotopic (exact) mass is 379 g/mol. The average Bonchev–Trinajstić information content (AvgIpc) is 2.94. The first-order valence-electron chi connectivity index (χ1n) is 9.38. The molecule has 3 aromatic rings. The highest BCUT2D eigenvalue weighted by Gasteiger charge is 2.18. The van der Waals surface area contributed by atoms with Gasteiger partial charge >= 0.3 is 5.97 Å². The molecule has 2 aromatic carbocycles. The second kappa shape index (κ2) is 7.63. The minimum Gasteiger partial charge on any atom is -0.457 e. The molecule has 28 heavy (non-hydrogen) atoms. The maximum absolute atomic E-state index is 13.2. The maximum Gasteiger partial charge on any atom is 0.340 e. The van der Waals surface area contributed by atoms with Crippen LogP contribution in [0.25, 0.3) is 5.69 Å². The second-order valence-corrected chi connectivity index (χ2v) is 8.12. The van der Waals surface area contributed by atoms with E-state index in [-0.39, 0.29) is 23.8 Å². The van der Waals surface area contributed by atoms with Crippen LogP contribution in [0.2, 0.25) is 0 Å². The molecular formula is C24H26FNO2. The van der Waals surface area contributed by atoms with Crippen molar-refractivity contribution in [3.05, 3.63) is 88.5 Å². The Balaban J connectivity index is 1.75. The molecule has 0 aliphatic rings. The highest BCUT2D eigenvalue weighted by atomic mass is 19.1. The highest BCUT2D eigenvalue weighted by molar-refractivity contribution is 5.91. The maximum atomic E-state index is 13.2. The summed E-state index contributed by atoms with van der Waals surface area (Å²) < 4.78 is 20.7. The molecule has 0 aliphatic heterocycles. The molecule has 0 fully saturated rings. The van der Waals surface area contributed by atoms with Crippen LogP contribution in [0.15, 0.2) is 54.6 Å². The zero-order valence-corrected chi connectivity index (χ0v) is 17.0. The van der Waals surface area contributed by atoms with Gasteiger partial charge in [0.15, 0.2) is 0 Å². The van der Waals surface area contributed by atoms with Crippen molar-refractivity contribution in [2.45, 2.75) is 46.6 Å². The van der Waals surface area contributed by atoms with Gasteiger partial charge in [0.25, 0.3) is 0 Å². The number of aryl methyl sites for hydroxylation is 1.